The normalized spacial score (nSPS) is 11.6. The van der Waals surface area contributed by atoms with Crippen LogP contribution >= 0.6 is 11.8 Å². The monoisotopic (exact) mass is 400 g/mol. The molecule has 0 bridgehead atoms. The van der Waals surface area contributed by atoms with Crippen LogP contribution in [0.5, 0.6) is 0 Å². The Morgan fingerprint density at radius 2 is 1.93 bits per heavy atom. The molecule has 1 heterocycles. The molecule has 3 rings (SSSR count). The highest BCUT2D eigenvalue weighted by Crippen LogP contribution is 2.35. The van der Waals surface area contributed by atoms with Gasteiger partial charge in [-0.15, -0.1) is 0 Å². The minimum atomic E-state index is -0.510. The van der Waals surface area contributed by atoms with E-state index < -0.39 is 5.60 Å². The third kappa shape index (κ3) is 5.07. The number of carbonyl (C=O) groups excluding carboxylic acids is 1. The summed E-state index contributed by atoms with van der Waals surface area (Å²) in [5, 5.41) is 0.866. The Labute approximate surface area is 169 Å². The summed E-state index contributed by atoms with van der Waals surface area (Å²) in [7, 11) is 1.74. The van der Waals surface area contributed by atoms with Crippen molar-refractivity contribution < 1.29 is 13.9 Å². The van der Waals surface area contributed by atoms with E-state index in [-0.39, 0.29) is 11.9 Å². The fraction of sp³-hybridized carbons (Fsp3) is 0.318. The van der Waals surface area contributed by atoms with Gasteiger partial charge in [0, 0.05) is 40.5 Å². The molecule has 148 valence electrons. The number of H-pyrrole nitrogens is 1. The second kappa shape index (κ2) is 8.27. The van der Waals surface area contributed by atoms with Crippen molar-refractivity contribution in [3.05, 3.63) is 60.0 Å². The molecule has 0 radical (unpaired) electrons. The van der Waals surface area contributed by atoms with Gasteiger partial charge in [0.15, 0.2) is 0 Å². The molecule has 6 heteroatoms. The van der Waals surface area contributed by atoms with Crippen molar-refractivity contribution in [1.29, 1.82) is 0 Å². The molecule has 0 unspecified atom stereocenters. The summed E-state index contributed by atoms with van der Waals surface area (Å²) in [5.74, 6) is -0.249. The van der Waals surface area contributed by atoms with E-state index in [9.17, 15) is 9.18 Å². The predicted octanol–water partition coefficient (Wildman–Crippen LogP) is 5.87. The van der Waals surface area contributed by atoms with Crippen LogP contribution in [-0.4, -0.2) is 35.2 Å². The minimum absolute atomic E-state index is 0.249. The average molecular weight is 401 g/mol. The van der Waals surface area contributed by atoms with Crippen LogP contribution in [-0.2, 0) is 11.2 Å². The summed E-state index contributed by atoms with van der Waals surface area (Å²) >= 11 is 1.60. The maximum Gasteiger partial charge on any atom is 0.410 e. The van der Waals surface area contributed by atoms with Crippen molar-refractivity contribution in [1.82, 2.24) is 9.88 Å². The van der Waals surface area contributed by atoms with Crippen LogP contribution in [0.1, 0.15) is 26.3 Å². The van der Waals surface area contributed by atoms with Crippen LogP contribution in [0.4, 0.5) is 9.18 Å². The van der Waals surface area contributed by atoms with E-state index >= 15 is 0 Å². The van der Waals surface area contributed by atoms with Crippen LogP contribution in [0.15, 0.2) is 58.5 Å². The molecule has 4 nitrogen and oxygen atoms in total. The number of halogens is 1. The number of fused-ring (bicyclic) bond motifs is 1. The second-order valence-electron chi connectivity index (χ2n) is 7.70. The lowest BCUT2D eigenvalue weighted by molar-refractivity contribution is 0.0300. The first kappa shape index (κ1) is 20.3. The molecule has 0 saturated carbocycles. The van der Waals surface area contributed by atoms with Gasteiger partial charge in [0.1, 0.15) is 11.4 Å². The number of hydrogen-bond acceptors (Lipinski definition) is 3. The molecule has 28 heavy (non-hydrogen) atoms. The molecule has 3 aromatic rings. The van der Waals surface area contributed by atoms with Gasteiger partial charge in [0.05, 0.1) is 0 Å². The highest BCUT2D eigenvalue weighted by molar-refractivity contribution is 7.99. The number of hydrogen-bond donors (Lipinski definition) is 1. The Hall–Kier alpha value is -2.47. The third-order valence-electron chi connectivity index (χ3n) is 4.22. The van der Waals surface area contributed by atoms with Gasteiger partial charge >= 0.3 is 6.09 Å². The van der Waals surface area contributed by atoms with Gasteiger partial charge in [0.25, 0.3) is 0 Å². The number of aromatic amines is 1. The lowest BCUT2D eigenvalue weighted by Gasteiger charge is -2.24. The minimum Gasteiger partial charge on any atom is -0.444 e. The summed E-state index contributed by atoms with van der Waals surface area (Å²) in [4.78, 5) is 19.0. The maximum atomic E-state index is 13.6. The van der Waals surface area contributed by atoms with Crippen LogP contribution in [0, 0.1) is 5.82 Å². The first-order chi connectivity index (χ1) is 13.2. The first-order valence-electron chi connectivity index (χ1n) is 9.19. The Morgan fingerprint density at radius 3 is 2.68 bits per heavy atom. The molecule has 0 aliphatic carbocycles. The summed E-state index contributed by atoms with van der Waals surface area (Å²) in [6.07, 6.45) is 2.28. The van der Waals surface area contributed by atoms with Gasteiger partial charge in [-0.1, -0.05) is 30.0 Å². The number of nitrogens with zero attached hydrogens (tertiary/aromatic N) is 1. The number of ether oxygens (including phenoxy) is 1. The van der Waals surface area contributed by atoms with E-state index in [0.29, 0.717) is 13.0 Å². The average Bonchev–Trinajstić information content (AvgIpc) is 3.01. The number of likely N-dealkylation sites (N-methyl/N-ethyl adjacent to an activating group) is 1. The van der Waals surface area contributed by atoms with Gasteiger partial charge in [-0.3, -0.25) is 0 Å². The van der Waals surface area contributed by atoms with Crippen molar-refractivity contribution in [3.63, 3.8) is 0 Å². The fourth-order valence-corrected chi connectivity index (χ4v) is 3.88. The molecule has 0 saturated heterocycles. The predicted molar refractivity (Wildman–Crippen MR) is 111 cm³/mol. The van der Waals surface area contributed by atoms with Crippen LogP contribution in [0.3, 0.4) is 0 Å². The summed E-state index contributed by atoms with van der Waals surface area (Å²) in [6.45, 7) is 6.12. The van der Waals surface area contributed by atoms with Gasteiger partial charge in [-0.2, -0.15) is 0 Å². The Morgan fingerprint density at radius 1 is 1.18 bits per heavy atom. The Balaban J connectivity index is 1.72. The molecule has 0 atom stereocenters. The summed E-state index contributed by atoms with van der Waals surface area (Å²) < 4.78 is 19.0. The summed E-state index contributed by atoms with van der Waals surface area (Å²) in [5.41, 5.74) is 1.53. The fourth-order valence-electron chi connectivity index (χ4n) is 2.80. The van der Waals surface area contributed by atoms with Crippen molar-refractivity contribution in [3.8, 4) is 0 Å². The van der Waals surface area contributed by atoms with Gasteiger partial charge in [0.2, 0.25) is 0 Å². The van der Waals surface area contributed by atoms with E-state index in [1.807, 2.05) is 45.2 Å². The van der Waals surface area contributed by atoms with Gasteiger partial charge in [-0.25, -0.2) is 9.18 Å². The number of carbonyl (C=O) groups is 1. The zero-order valence-electron chi connectivity index (χ0n) is 16.6. The van der Waals surface area contributed by atoms with E-state index in [2.05, 4.69) is 11.1 Å². The third-order valence-corrected chi connectivity index (χ3v) is 5.40. The smallest absolute Gasteiger partial charge is 0.410 e. The molecular weight excluding hydrogens is 375 g/mol. The van der Waals surface area contributed by atoms with Crippen molar-refractivity contribution in [2.45, 2.75) is 42.6 Å². The number of aromatic nitrogens is 1. The van der Waals surface area contributed by atoms with E-state index in [1.54, 1.807) is 35.8 Å². The van der Waals surface area contributed by atoms with E-state index in [4.69, 9.17) is 4.74 Å². The number of amides is 1. The molecule has 0 aliphatic heterocycles. The van der Waals surface area contributed by atoms with Crippen molar-refractivity contribution in [2.24, 2.45) is 0 Å². The molecular formula is C22H25FN2O2S. The first-order valence-corrected chi connectivity index (χ1v) is 10.0. The van der Waals surface area contributed by atoms with Gasteiger partial charge in [-0.05, 0) is 57.0 Å². The highest BCUT2D eigenvalue weighted by atomic mass is 32.2. The number of nitrogens with one attached hydrogen (secondary N) is 1. The largest absolute Gasteiger partial charge is 0.444 e. The second-order valence-corrected chi connectivity index (χ2v) is 8.79. The quantitative estimate of drug-likeness (QED) is 0.583. The highest BCUT2D eigenvalue weighted by Gasteiger charge is 2.19. The lowest BCUT2D eigenvalue weighted by atomic mass is 10.1. The zero-order chi connectivity index (χ0) is 20.3. The van der Waals surface area contributed by atoms with E-state index in [1.165, 1.54) is 6.07 Å². The topological polar surface area (TPSA) is 45.3 Å². The van der Waals surface area contributed by atoms with E-state index in [0.717, 1.165) is 26.3 Å². The van der Waals surface area contributed by atoms with Crippen LogP contribution in [0.25, 0.3) is 10.9 Å². The Kier molecular flexibility index (Phi) is 5.98. The van der Waals surface area contributed by atoms with Crippen LogP contribution < -0.4 is 0 Å². The molecule has 1 N–H and O–H groups in total. The van der Waals surface area contributed by atoms with Crippen molar-refractivity contribution >= 4 is 28.8 Å². The molecule has 1 aromatic heterocycles. The standard InChI is InChI=1S/C22H25FN2O2S/c1-22(2,3)27-21(26)25(4)12-11-15-7-5-6-8-19(15)28-20-14-24-18-10-9-16(23)13-17(18)20/h5-10,13-14,24H,11-12H2,1-4H3. The Bertz CT molecular complexity index is 978. The van der Waals surface area contributed by atoms with Crippen molar-refractivity contribution in [2.75, 3.05) is 13.6 Å². The summed E-state index contributed by atoms with van der Waals surface area (Å²) in [6, 6.07) is 12.8. The number of benzene rings is 2. The lowest BCUT2D eigenvalue weighted by Crippen LogP contribution is -2.35. The zero-order valence-corrected chi connectivity index (χ0v) is 17.4. The maximum absolute atomic E-state index is 13.6. The molecule has 2 aromatic carbocycles. The molecule has 0 spiro atoms. The molecule has 0 fully saturated rings. The van der Waals surface area contributed by atoms with Gasteiger partial charge < -0.3 is 14.6 Å². The number of rotatable bonds is 5. The molecule has 1 amide bonds. The van der Waals surface area contributed by atoms with Crippen LogP contribution in [0.2, 0.25) is 0 Å². The molecule has 0 aliphatic rings. The SMILES string of the molecule is CN(CCc1ccccc1Sc1c[nH]c2ccc(F)cc12)C(=O)OC(C)(C)C.